The maximum absolute atomic E-state index is 12.1. The van der Waals surface area contributed by atoms with E-state index in [1.54, 1.807) is 42.7 Å². The summed E-state index contributed by atoms with van der Waals surface area (Å²) in [6.45, 7) is 0. The van der Waals surface area contributed by atoms with Crippen LogP contribution in [-0.4, -0.2) is 21.5 Å². The van der Waals surface area contributed by atoms with E-state index in [1.165, 1.54) is 6.39 Å². The summed E-state index contributed by atoms with van der Waals surface area (Å²) in [5.41, 5.74) is 2.39. The van der Waals surface area contributed by atoms with Crippen LogP contribution >= 0.6 is 0 Å². The third-order valence-corrected chi connectivity index (χ3v) is 3.23. The number of Topliss-reactive ketones (excluding diaryl/α,β-unsaturated/α-hetero) is 2. The zero-order valence-corrected chi connectivity index (χ0v) is 11.2. The van der Waals surface area contributed by atoms with Crippen molar-refractivity contribution in [2.45, 2.75) is 12.8 Å². The lowest BCUT2D eigenvalue weighted by atomic mass is 10.0. The Morgan fingerprint density at radius 3 is 2.43 bits per heavy atom. The number of pyridine rings is 1. The molecule has 0 radical (unpaired) electrons. The number of rotatable bonds is 5. The summed E-state index contributed by atoms with van der Waals surface area (Å²) in [6, 6.07) is 8.37. The molecular formula is C16H12N2O3. The number of carbonyl (C=O) groups excluding carboxylic acids is 2. The SMILES string of the molecule is O=C(CCC(=O)c1ccc2ocnc2c1)c1ccncc1. The van der Waals surface area contributed by atoms with E-state index in [2.05, 4.69) is 9.97 Å². The molecule has 104 valence electrons. The van der Waals surface area contributed by atoms with E-state index in [-0.39, 0.29) is 24.4 Å². The number of aromatic nitrogens is 2. The molecule has 1 aromatic carbocycles. The van der Waals surface area contributed by atoms with Crippen LogP contribution in [0.2, 0.25) is 0 Å². The second-order valence-corrected chi connectivity index (χ2v) is 4.62. The first kappa shape index (κ1) is 13.2. The van der Waals surface area contributed by atoms with Gasteiger partial charge in [-0.15, -0.1) is 0 Å². The molecule has 3 aromatic rings. The van der Waals surface area contributed by atoms with Crippen molar-refractivity contribution < 1.29 is 14.0 Å². The first-order valence-electron chi connectivity index (χ1n) is 6.54. The van der Waals surface area contributed by atoms with Gasteiger partial charge in [-0.25, -0.2) is 4.98 Å². The van der Waals surface area contributed by atoms with Crippen LogP contribution < -0.4 is 0 Å². The molecule has 0 N–H and O–H groups in total. The van der Waals surface area contributed by atoms with Crippen LogP contribution in [0.25, 0.3) is 11.1 Å². The Kier molecular flexibility index (Phi) is 3.55. The number of hydrogen-bond donors (Lipinski definition) is 0. The quantitative estimate of drug-likeness (QED) is 0.671. The minimum Gasteiger partial charge on any atom is -0.443 e. The summed E-state index contributed by atoms with van der Waals surface area (Å²) in [4.78, 5) is 31.9. The Balaban J connectivity index is 1.67. The standard InChI is InChI=1S/C16H12N2O3/c19-14(11-5-7-17-8-6-11)2-3-15(20)12-1-4-16-13(9-12)18-10-21-16/h1,4-10H,2-3H2. The number of carbonyl (C=O) groups is 2. The minimum atomic E-state index is -0.0812. The van der Waals surface area contributed by atoms with Crippen molar-refractivity contribution in [2.75, 3.05) is 0 Å². The molecule has 21 heavy (non-hydrogen) atoms. The Labute approximate surface area is 120 Å². The number of fused-ring (bicyclic) bond motifs is 1. The van der Waals surface area contributed by atoms with E-state index >= 15 is 0 Å². The zero-order chi connectivity index (χ0) is 14.7. The van der Waals surface area contributed by atoms with Gasteiger partial charge < -0.3 is 4.42 Å². The van der Waals surface area contributed by atoms with Crippen LogP contribution in [0.15, 0.2) is 53.5 Å². The van der Waals surface area contributed by atoms with Gasteiger partial charge in [0.2, 0.25) is 0 Å². The van der Waals surface area contributed by atoms with Crippen molar-refractivity contribution >= 4 is 22.7 Å². The van der Waals surface area contributed by atoms with E-state index < -0.39 is 0 Å². The highest BCUT2D eigenvalue weighted by molar-refractivity contribution is 6.03. The van der Waals surface area contributed by atoms with Crippen LogP contribution in [0.3, 0.4) is 0 Å². The van der Waals surface area contributed by atoms with Crippen LogP contribution in [0.1, 0.15) is 33.6 Å². The summed E-state index contributed by atoms with van der Waals surface area (Å²) in [6.07, 6.45) is 4.82. The topological polar surface area (TPSA) is 73.1 Å². The molecule has 0 spiro atoms. The number of ketones is 2. The van der Waals surface area contributed by atoms with Gasteiger partial charge in [-0.2, -0.15) is 0 Å². The molecule has 0 bridgehead atoms. The molecule has 2 aromatic heterocycles. The minimum absolute atomic E-state index is 0.0618. The molecule has 0 unspecified atom stereocenters. The van der Waals surface area contributed by atoms with Crippen molar-refractivity contribution in [3.8, 4) is 0 Å². The van der Waals surface area contributed by atoms with Gasteiger partial charge in [-0.05, 0) is 30.3 Å². The number of oxazole rings is 1. The Morgan fingerprint density at radius 1 is 0.952 bits per heavy atom. The van der Waals surface area contributed by atoms with E-state index in [1.807, 2.05) is 0 Å². The molecule has 3 rings (SSSR count). The monoisotopic (exact) mass is 280 g/mol. The largest absolute Gasteiger partial charge is 0.443 e. The molecule has 0 aliphatic heterocycles. The van der Waals surface area contributed by atoms with Crippen LogP contribution in [0.4, 0.5) is 0 Å². The Hall–Kier alpha value is -2.82. The molecule has 0 fully saturated rings. The third kappa shape index (κ3) is 2.86. The molecular weight excluding hydrogens is 268 g/mol. The van der Waals surface area contributed by atoms with Crippen LogP contribution in [0.5, 0.6) is 0 Å². The fourth-order valence-corrected chi connectivity index (χ4v) is 2.08. The molecule has 5 heteroatoms. The van der Waals surface area contributed by atoms with Gasteiger partial charge in [0, 0.05) is 36.4 Å². The number of nitrogens with zero attached hydrogens (tertiary/aromatic N) is 2. The van der Waals surface area contributed by atoms with E-state index in [4.69, 9.17) is 4.42 Å². The highest BCUT2D eigenvalue weighted by Gasteiger charge is 2.12. The van der Waals surface area contributed by atoms with Gasteiger partial charge in [-0.3, -0.25) is 14.6 Å². The summed E-state index contributed by atoms with van der Waals surface area (Å²) in [5, 5.41) is 0. The highest BCUT2D eigenvalue weighted by atomic mass is 16.3. The van der Waals surface area contributed by atoms with Crippen molar-refractivity contribution in [1.29, 1.82) is 0 Å². The Bertz CT molecular complexity index is 793. The van der Waals surface area contributed by atoms with Gasteiger partial charge >= 0.3 is 0 Å². The molecule has 2 heterocycles. The predicted octanol–water partition coefficient (Wildman–Crippen LogP) is 3.07. The molecule has 0 amide bonds. The maximum Gasteiger partial charge on any atom is 0.181 e. The van der Waals surface area contributed by atoms with E-state index in [0.717, 1.165) is 0 Å². The molecule has 0 saturated carbocycles. The maximum atomic E-state index is 12.1. The van der Waals surface area contributed by atoms with Gasteiger partial charge in [0.15, 0.2) is 23.5 Å². The molecule has 0 atom stereocenters. The summed E-state index contributed by atoms with van der Waals surface area (Å²) in [5.74, 6) is -0.143. The van der Waals surface area contributed by atoms with Crippen molar-refractivity contribution in [3.05, 3.63) is 60.2 Å². The first-order chi connectivity index (χ1) is 10.2. The van der Waals surface area contributed by atoms with Gasteiger partial charge in [0.05, 0.1) is 0 Å². The first-order valence-corrected chi connectivity index (χ1v) is 6.54. The zero-order valence-electron chi connectivity index (χ0n) is 11.2. The highest BCUT2D eigenvalue weighted by Crippen LogP contribution is 2.16. The van der Waals surface area contributed by atoms with E-state index in [9.17, 15) is 9.59 Å². The van der Waals surface area contributed by atoms with Crippen molar-refractivity contribution in [1.82, 2.24) is 9.97 Å². The fourth-order valence-electron chi connectivity index (χ4n) is 2.08. The lowest BCUT2D eigenvalue weighted by molar-refractivity contribution is 0.0917. The summed E-state index contributed by atoms with van der Waals surface area (Å²) < 4.78 is 5.13. The summed E-state index contributed by atoms with van der Waals surface area (Å²) >= 11 is 0. The second kappa shape index (κ2) is 5.66. The normalized spacial score (nSPS) is 10.7. The van der Waals surface area contributed by atoms with Crippen LogP contribution in [-0.2, 0) is 0 Å². The predicted molar refractivity (Wildman–Crippen MR) is 76.1 cm³/mol. The molecule has 0 aliphatic rings. The second-order valence-electron chi connectivity index (χ2n) is 4.62. The van der Waals surface area contributed by atoms with Crippen LogP contribution in [0, 0.1) is 0 Å². The fraction of sp³-hybridized carbons (Fsp3) is 0.125. The lowest BCUT2D eigenvalue weighted by Crippen LogP contribution is -2.05. The lowest BCUT2D eigenvalue weighted by Gasteiger charge is -2.01. The van der Waals surface area contributed by atoms with Gasteiger partial charge in [0.1, 0.15) is 5.52 Å². The summed E-state index contributed by atoms with van der Waals surface area (Å²) in [7, 11) is 0. The molecule has 0 aliphatic carbocycles. The number of hydrogen-bond acceptors (Lipinski definition) is 5. The van der Waals surface area contributed by atoms with E-state index in [0.29, 0.717) is 22.2 Å². The van der Waals surface area contributed by atoms with Crippen molar-refractivity contribution in [2.24, 2.45) is 0 Å². The Morgan fingerprint density at radius 2 is 1.67 bits per heavy atom. The van der Waals surface area contributed by atoms with Gasteiger partial charge in [-0.1, -0.05) is 0 Å². The third-order valence-electron chi connectivity index (χ3n) is 3.23. The van der Waals surface area contributed by atoms with Gasteiger partial charge in [0.25, 0.3) is 0 Å². The molecule has 0 saturated heterocycles. The average molecular weight is 280 g/mol. The smallest absolute Gasteiger partial charge is 0.181 e. The number of benzene rings is 1. The molecule has 5 nitrogen and oxygen atoms in total. The average Bonchev–Trinajstić information content (AvgIpc) is 3.00. The van der Waals surface area contributed by atoms with Crippen molar-refractivity contribution in [3.63, 3.8) is 0 Å².